The highest BCUT2D eigenvalue weighted by Crippen LogP contribution is 2.30. The summed E-state index contributed by atoms with van der Waals surface area (Å²) in [7, 11) is -3.63. The second kappa shape index (κ2) is 9.83. The molecule has 168 valence electrons. The lowest BCUT2D eigenvalue weighted by molar-refractivity contribution is 0.0682. The van der Waals surface area contributed by atoms with Crippen molar-refractivity contribution in [3.05, 3.63) is 41.2 Å². The van der Waals surface area contributed by atoms with Crippen LogP contribution in [0.3, 0.4) is 0 Å². The van der Waals surface area contributed by atoms with E-state index in [1.54, 1.807) is 30.0 Å². The molecule has 0 radical (unpaired) electrons. The lowest BCUT2D eigenvalue weighted by atomic mass is 10.2. The topological polar surface area (TPSA) is 101 Å². The van der Waals surface area contributed by atoms with Crippen LogP contribution in [-0.2, 0) is 14.8 Å². The molecule has 11 heteroatoms. The molecule has 1 aromatic heterocycles. The minimum absolute atomic E-state index is 0.0311. The summed E-state index contributed by atoms with van der Waals surface area (Å²) in [6, 6.07) is 6.31. The number of aromatic nitrogens is 1. The summed E-state index contributed by atoms with van der Waals surface area (Å²) >= 11 is 7.82. The average molecular weight is 486 g/mol. The van der Waals surface area contributed by atoms with Gasteiger partial charge in [0.15, 0.2) is 0 Å². The van der Waals surface area contributed by atoms with E-state index in [2.05, 4.69) is 10.3 Å². The van der Waals surface area contributed by atoms with E-state index in [9.17, 15) is 13.2 Å². The molecule has 2 aliphatic heterocycles. The van der Waals surface area contributed by atoms with Gasteiger partial charge in [0, 0.05) is 42.4 Å². The van der Waals surface area contributed by atoms with Gasteiger partial charge in [-0.2, -0.15) is 16.1 Å². The van der Waals surface area contributed by atoms with Crippen molar-refractivity contribution in [2.75, 3.05) is 43.1 Å². The number of hydrogen-bond donors (Lipinski definition) is 2. The molecule has 4 rings (SSSR count). The van der Waals surface area contributed by atoms with Crippen LogP contribution in [0.2, 0.25) is 5.02 Å². The van der Waals surface area contributed by atoms with Crippen LogP contribution in [0.5, 0.6) is 5.75 Å². The Morgan fingerprint density at radius 1 is 1.32 bits per heavy atom. The molecule has 2 N–H and O–H groups in total. The maximum atomic E-state index is 12.8. The summed E-state index contributed by atoms with van der Waals surface area (Å²) in [5.74, 6) is 1.51. The predicted octanol–water partition coefficient (Wildman–Crippen LogP) is 3.22. The lowest BCUT2D eigenvalue weighted by Gasteiger charge is -2.24. The van der Waals surface area contributed by atoms with Crippen molar-refractivity contribution in [3.63, 3.8) is 0 Å². The number of carbonyl (C=O) groups excluding carboxylic acids is 1. The summed E-state index contributed by atoms with van der Waals surface area (Å²) in [5.41, 5.74) is 0.539. The number of sulfonamides is 1. The fourth-order valence-corrected chi connectivity index (χ4v) is 6.21. The smallest absolute Gasteiger partial charge is 0.272 e. The number of H-pyrrole nitrogens is 1. The second-order valence-electron chi connectivity index (χ2n) is 7.31. The number of nitrogens with one attached hydrogen (secondary N) is 2. The fourth-order valence-electron chi connectivity index (χ4n) is 3.46. The Hall–Kier alpha value is -1.72. The second-order valence-corrected chi connectivity index (χ2v) is 10.9. The van der Waals surface area contributed by atoms with Crippen LogP contribution in [0.15, 0.2) is 35.4 Å². The first-order valence-corrected chi connectivity index (χ1v) is 13.0. The Balaban J connectivity index is 1.46. The largest absolute Gasteiger partial charge is 0.489 e. The molecular formula is C20H24ClN3O5S2. The van der Waals surface area contributed by atoms with Crippen molar-refractivity contribution in [2.45, 2.75) is 23.8 Å². The average Bonchev–Trinajstić information content (AvgIpc) is 3.46. The van der Waals surface area contributed by atoms with Crippen molar-refractivity contribution < 1.29 is 22.7 Å². The summed E-state index contributed by atoms with van der Waals surface area (Å²) < 4.78 is 38.5. The number of rotatable bonds is 7. The highest BCUT2D eigenvalue weighted by atomic mass is 35.5. The maximum Gasteiger partial charge on any atom is 0.272 e. The molecule has 31 heavy (non-hydrogen) atoms. The molecule has 2 fully saturated rings. The third kappa shape index (κ3) is 5.38. The van der Waals surface area contributed by atoms with Gasteiger partial charge in [-0.05, 0) is 37.1 Å². The molecule has 1 aromatic carbocycles. The Morgan fingerprint density at radius 3 is 2.87 bits per heavy atom. The number of halogens is 1. The van der Waals surface area contributed by atoms with Crippen LogP contribution in [0.4, 0.5) is 5.69 Å². The molecule has 2 saturated heterocycles. The van der Waals surface area contributed by atoms with E-state index in [-0.39, 0.29) is 16.7 Å². The molecule has 0 saturated carbocycles. The number of benzene rings is 1. The van der Waals surface area contributed by atoms with Crippen LogP contribution in [0, 0.1) is 0 Å². The Bertz CT molecular complexity index is 1030. The van der Waals surface area contributed by atoms with E-state index < -0.39 is 15.9 Å². The zero-order valence-electron chi connectivity index (χ0n) is 16.8. The molecule has 0 spiro atoms. The zero-order chi connectivity index (χ0) is 21.8. The van der Waals surface area contributed by atoms with Crippen molar-refractivity contribution in [1.29, 1.82) is 0 Å². The first kappa shape index (κ1) is 22.5. The number of thioether (sulfide) groups is 1. The quantitative estimate of drug-likeness (QED) is 0.624. The first-order valence-electron chi connectivity index (χ1n) is 10.0. The van der Waals surface area contributed by atoms with E-state index in [0.717, 1.165) is 31.0 Å². The van der Waals surface area contributed by atoms with Crippen molar-refractivity contribution >= 4 is 45.0 Å². The Labute approximate surface area is 190 Å². The molecule has 3 heterocycles. The van der Waals surface area contributed by atoms with Crippen molar-refractivity contribution in [1.82, 2.24) is 9.29 Å². The number of aromatic amines is 1. The van der Waals surface area contributed by atoms with Crippen LogP contribution < -0.4 is 10.1 Å². The van der Waals surface area contributed by atoms with Gasteiger partial charge in [0.05, 0.1) is 11.8 Å². The van der Waals surface area contributed by atoms with Crippen molar-refractivity contribution in [2.24, 2.45) is 0 Å². The molecule has 8 nitrogen and oxygen atoms in total. The van der Waals surface area contributed by atoms with Crippen LogP contribution in [-0.4, -0.2) is 67.5 Å². The number of amides is 1. The molecule has 1 atom stereocenters. The number of ether oxygens (including phenoxy) is 2. The monoisotopic (exact) mass is 485 g/mol. The fraction of sp³-hybridized carbons (Fsp3) is 0.450. The highest BCUT2D eigenvalue weighted by molar-refractivity contribution is 7.99. The molecule has 2 aromatic rings. The molecule has 1 amide bonds. The standard InChI is InChI=1S/C20H24ClN3O5S2/c21-14-3-4-19(29-13-15-2-1-7-28-15)17(10-14)23-20(25)18-11-16(12-22-18)31(26,27)24-5-8-30-9-6-24/h3-4,10-12,15,22H,1-2,5-9,13H2,(H,23,25). The van der Waals surface area contributed by atoms with Gasteiger partial charge in [0.1, 0.15) is 22.9 Å². The number of nitrogens with zero attached hydrogens (tertiary/aromatic N) is 1. The number of carbonyl (C=O) groups is 1. The maximum absolute atomic E-state index is 12.8. The van der Waals surface area contributed by atoms with Gasteiger partial charge in [0.2, 0.25) is 10.0 Å². The number of anilines is 1. The van der Waals surface area contributed by atoms with E-state index >= 15 is 0 Å². The Kier molecular flexibility index (Phi) is 7.12. The summed E-state index contributed by atoms with van der Waals surface area (Å²) in [6.45, 7) is 2.04. The minimum atomic E-state index is -3.63. The van der Waals surface area contributed by atoms with E-state index in [0.29, 0.717) is 36.2 Å². The normalized spacial score (nSPS) is 20.0. The van der Waals surface area contributed by atoms with Crippen LogP contribution in [0.1, 0.15) is 23.3 Å². The van der Waals surface area contributed by atoms with Crippen LogP contribution >= 0.6 is 23.4 Å². The SMILES string of the molecule is O=C(Nc1cc(Cl)ccc1OCC1CCCO1)c1cc(S(=O)(=O)N2CCSCC2)c[nH]1. The van der Waals surface area contributed by atoms with E-state index in [1.165, 1.54) is 16.6 Å². The van der Waals surface area contributed by atoms with E-state index in [1.807, 2.05) is 0 Å². The number of hydrogen-bond acceptors (Lipinski definition) is 6. The first-order chi connectivity index (χ1) is 14.9. The molecular weight excluding hydrogens is 462 g/mol. The zero-order valence-corrected chi connectivity index (χ0v) is 19.2. The summed E-state index contributed by atoms with van der Waals surface area (Å²) in [6.07, 6.45) is 3.32. The molecule has 1 unspecified atom stereocenters. The predicted molar refractivity (Wildman–Crippen MR) is 121 cm³/mol. The van der Waals surface area contributed by atoms with Gasteiger partial charge in [-0.15, -0.1) is 0 Å². The molecule has 0 aliphatic carbocycles. The lowest BCUT2D eigenvalue weighted by Crippen LogP contribution is -2.37. The minimum Gasteiger partial charge on any atom is -0.489 e. The van der Waals surface area contributed by atoms with Gasteiger partial charge in [-0.25, -0.2) is 8.42 Å². The third-order valence-electron chi connectivity index (χ3n) is 5.15. The third-order valence-corrected chi connectivity index (χ3v) is 8.20. The molecule has 2 aliphatic rings. The van der Waals surface area contributed by atoms with Gasteiger partial charge < -0.3 is 19.8 Å². The summed E-state index contributed by atoms with van der Waals surface area (Å²) in [5, 5.41) is 3.20. The molecule has 0 bridgehead atoms. The van der Waals surface area contributed by atoms with Crippen molar-refractivity contribution in [3.8, 4) is 5.75 Å². The van der Waals surface area contributed by atoms with Crippen LogP contribution in [0.25, 0.3) is 0 Å². The summed E-state index contributed by atoms with van der Waals surface area (Å²) in [4.78, 5) is 15.6. The van der Waals surface area contributed by atoms with Gasteiger partial charge >= 0.3 is 0 Å². The van der Waals surface area contributed by atoms with Gasteiger partial charge in [-0.3, -0.25) is 4.79 Å². The van der Waals surface area contributed by atoms with Gasteiger partial charge in [0.25, 0.3) is 5.91 Å². The van der Waals surface area contributed by atoms with Gasteiger partial charge in [-0.1, -0.05) is 11.6 Å². The Morgan fingerprint density at radius 2 is 2.13 bits per heavy atom. The highest BCUT2D eigenvalue weighted by Gasteiger charge is 2.28. The van der Waals surface area contributed by atoms with E-state index in [4.69, 9.17) is 21.1 Å².